The normalized spacial score (nSPS) is 11.6. The molecule has 0 spiro atoms. The zero-order valence-corrected chi connectivity index (χ0v) is 24.1. The van der Waals surface area contributed by atoms with Crippen molar-refractivity contribution in [3.63, 3.8) is 0 Å². The Labute approximate surface area is 258 Å². The summed E-state index contributed by atoms with van der Waals surface area (Å²) in [6.07, 6.45) is 1.80. The maximum absolute atomic E-state index is 6.12. The van der Waals surface area contributed by atoms with Gasteiger partial charge in [-0.3, -0.25) is 4.98 Å². The Hall–Kier alpha value is -6.20. The Morgan fingerprint density at radius 3 is 1.91 bits per heavy atom. The van der Waals surface area contributed by atoms with E-state index >= 15 is 0 Å². The number of aromatic nitrogens is 4. The van der Waals surface area contributed by atoms with Gasteiger partial charge in [0.2, 0.25) is 0 Å². The summed E-state index contributed by atoms with van der Waals surface area (Å²) in [6.45, 7) is 0. The van der Waals surface area contributed by atoms with Crippen LogP contribution in [0.2, 0.25) is 0 Å². The van der Waals surface area contributed by atoms with Crippen molar-refractivity contribution in [2.75, 3.05) is 0 Å². The van der Waals surface area contributed by atoms with Crippen molar-refractivity contribution in [2.24, 2.45) is 0 Å². The molecule has 6 aromatic carbocycles. The van der Waals surface area contributed by atoms with Crippen LogP contribution in [0.5, 0.6) is 0 Å². The average Bonchev–Trinajstić information content (AvgIpc) is 3.51. The average molecular weight is 577 g/mol. The van der Waals surface area contributed by atoms with E-state index in [0.29, 0.717) is 17.5 Å². The Morgan fingerprint density at radius 2 is 1.07 bits per heavy atom. The van der Waals surface area contributed by atoms with Gasteiger partial charge in [-0.25, -0.2) is 15.0 Å². The maximum Gasteiger partial charge on any atom is 0.166 e. The van der Waals surface area contributed by atoms with Gasteiger partial charge in [0.25, 0.3) is 0 Å². The molecule has 45 heavy (non-hydrogen) atoms. The Bertz CT molecular complexity index is 2540. The number of hydrogen-bond acceptors (Lipinski definition) is 5. The summed E-state index contributed by atoms with van der Waals surface area (Å²) in [5, 5.41) is 5.55. The molecule has 0 aliphatic rings. The van der Waals surface area contributed by atoms with E-state index in [0.717, 1.165) is 55.1 Å². The summed E-state index contributed by atoms with van der Waals surface area (Å²) in [4.78, 5) is 19.8. The van der Waals surface area contributed by atoms with Crippen LogP contribution >= 0.6 is 0 Å². The summed E-state index contributed by atoms with van der Waals surface area (Å²) >= 11 is 0. The first-order valence-electron chi connectivity index (χ1n) is 14.9. The molecule has 0 bridgehead atoms. The zero-order chi connectivity index (χ0) is 29.7. The van der Waals surface area contributed by atoms with Crippen LogP contribution in [0.4, 0.5) is 0 Å². The highest BCUT2D eigenvalue weighted by Gasteiger charge is 2.18. The van der Waals surface area contributed by atoms with Crippen molar-refractivity contribution in [1.82, 2.24) is 19.9 Å². The van der Waals surface area contributed by atoms with E-state index < -0.39 is 0 Å². The molecular weight excluding hydrogens is 552 g/mol. The number of para-hydroxylation sites is 2. The number of benzene rings is 6. The summed E-state index contributed by atoms with van der Waals surface area (Å²) in [6, 6.07) is 47.7. The lowest BCUT2D eigenvalue weighted by atomic mass is 10.00. The van der Waals surface area contributed by atoms with E-state index in [9.17, 15) is 0 Å². The number of rotatable bonds is 4. The van der Waals surface area contributed by atoms with Gasteiger partial charge in [-0.15, -0.1) is 0 Å². The molecule has 3 heterocycles. The second kappa shape index (κ2) is 10.2. The third kappa shape index (κ3) is 4.33. The fourth-order valence-corrected chi connectivity index (χ4v) is 6.14. The molecule has 0 saturated carbocycles. The lowest BCUT2D eigenvalue weighted by molar-refractivity contribution is 0.667. The van der Waals surface area contributed by atoms with Crippen molar-refractivity contribution in [1.29, 1.82) is 0 Å². The van der Waals surface area contributed by atoms with E-state index in [4.69, 9.17) is 24.4 Å². The van der Waals surface area contributed by atoms with Gasteiger partial charge >= 0.3 is 0 Å². The molecule has 3 aromatic heterocycles. The molecule has 210 valence electrons. The summed E-state index contributed by atoms with van der Waals surface area (Å²) < 4.78 is 6.12. The molecule has 0 N–H and O–H groups in total. The highest BCUT2D eigenvalue weighted by Crippen LogP contribution is 2.37. The molecule has 0 atom stereocenters. The fraction of sp³-hybridized carbons (Fsp3) is 0. The van der Waals surface area contributed by atoms with Crippen LogP contribution < -0.4 is 0 Å². The van der Waals surface area contributed by atoms with Crippen LogP contribution in [0.1, 0.15) is 0 Å². The number of fused-ring (bicyclic) bond motifs is 6. The Kier molecular flexibility index (Phi) is 5.74. The van der Waals surface area contributed by atoms with Gasteiger partial charge in [0.1, 0.15) is 5.58 Å². The topological polar surface area (TPSA) is 64.7 Å². The molecule has 0 fully saturated rings. The summed E-state index contributed by atoms with van der Waals surface area (Å²) in [5.74, 6) is 1.79. The van der Waals surface area contributed by atoms with Crippen LogP contribution in [-0.2, 0) is 0 Å². The number of hydrogen-bond donors (Lipinski definition) is 0. The lowest BCUT2D eigenvalue weighted by Crippen LogP contribution is -2.01. The van der Waals surface area contributed by atoms with Crippen LogP contribution in [0.25, 0.3) is 88.9 Å². The van der Waals surface area contributed by atoms with Gasteiger partial charge in [-0.2, -0.15) is 0 Å². The predicted molar refractivity (Wildman–Crippen MR) is 182 cm³/mol. The molecule has 0 saturated heterocycles. The minimum Gasteiger partial charge on any atom is -0.454 e. The predicted octanol–water partition coefficient (Wildman–Crippen LogP) is 10.1. The van der Waals surface area contributed by atoms with E-state index in [1.807, 2.05) is 60.7 Å². The van der Waals surface area contributed by atoms with Gasteiger partial charge in [0.05, 0.1) is 11.7 Å². The quantitative estimate of drug-likeness (QED) is 0.209. The molecule has 5 nitrogen and oxygen atoms in total. The lowest BCUT2D eigenvalue weighted by Gasteiger charge is -2.11. The van der Waals surface area contributed by atoms with Crippen molar-refractivity contribution < 1.29 is 4.42 Å². The van der Waals surface area contributed by atoms with Crippen LogP contribution in [-0.4, -0.2) is 19.9 Å². The molecule has 0 aliphatic heterocycles. The first-order valence-corrected chi connectivity index (χ1v) is 14.9. The third-order valence-electron chi connectivity index (χ3n) is 8.37. The Morgan fingerprint density at radius 1 is 0.422 bits per heavy atom. The standard InChI is InChI=1S/C40H24N4O/c1-2-10-27(11-3-1)38-42-39(28-20-17-26(18-21-28)30-22-19-25-9-4-5-12-29(25)23-30)44-40(43-38)33-15-8-14-32-36-31-13-6-7-16-34(31)45-35(36)24-41-37(32)33/h1-24H. The van der Waals surface area contributed by atoms with Crippen molar-refractivity contribution in [3.05, 3.63) is 146 Å². The van der Waals surface area contributed by atoms with Gasteiger partial charge in [-0.05, 0) is 40.1 Å². The van der Waals surface area contributed by atoms with Crippen LogP contribution in [0.15, 0.2) is 150 Å². The van der Waals surface area contributed by atoms with Gasteiger partial charge in [-0.1, -0.05) is 121 Å². The summed E-state index contributed by atoms with van der Waals surface area (Å²) in [7, 11) is 0. The third-order valence-corrected chi connectivity index (χ3v) is 8.37. The van der Waals surface area contributed by atoms with Crippen LogP contribution in [0, 0.1) is 0 Å². The maximum atomic E-state index is 6.12. The van der Waals surface area contributed by atoms with Crippen molar-refractivity contribution in [3.8, 4) is 45.3 Å². The zero-order valence-electron chi connectivity index (χ0n) is 24.1. The van der Waals surface area contributed by atoms with Crippen molar-refractivity contribution >= 4 is 43.6 Å². The second-order valence-corrected chi connectivity index (χ2v) is 11.1. The van der Waals surface area contributed by atoms with Gasteiger partial charge < -0.3 is 4.42 Å². The SMILES string of the molecule is c1ccc(-c2nc(-c3ccc(-c4ccc5ccccc5c4)cc3)nc(-c3cccc4c3ncc3oc5ccccc5c34)n2)cc1. The van der Waals surface area contributed by atoms with Crippen LogP contribution in [0.3, 0.4) is 0 Å². The first kappa shape index (κ1) is 25.3. The smallest absolute Gasteiger partial charge is 0.166 e. The van der Waals surface area contributed by atoms with E-state index in [-0.39, 0.29) is 0 Å². The molecule has 5 heteroatoms. The minimum absolute atomic E-state index is 0.572. The van der Waals surface area contributed by atoms with Crippen molar-refractivity contribution in [2.45, 2.75) is 0 Å². The highest BCUT2D eigenvalue weighted by atomic mass is 16.3. The second-order valence-electron chi connectivity index (χ2n) is 11.1. The highest BCUT2D eigenvalue weighted by molar-refractivity contribution is 6.19. The first-order chi connectivity index (χ1) is 22.3. The molecular formula is C40H24N4O. The minimum atomic E-state index is 0.572. The fourth-order valence-electron chi connectivity index (χ4n) is 6.14. The number of furan rings is 1. The van der Waals surface area contributed by atoms with E-state index in [2.05, 4.69) is 78.9 Å². The molecule has 9 aromatic rings. The molecule has 0 amide bonds. The largest absolute Gasteiger partial charge is 0.454 e. The molecule has 9 rings (SSSR count). The van der Waals surface area contributed by atoms with Gasteiger partial charge in [0.15, 0.2) is 23.1 Å². The van der Waals surface area contributed by atoms with Gasteiger partial charge in [0, 0.05) is 32.8 Å². The molecule has 0 unspecified atom stereocenters. The number of nitrogens with zero attached hydrogens (tertiary/aromatic N) is 4. The number of pyridine rings is 1. The monoisotopic (exact) mass is 576 g/mol. The van der Waals surface area contributed by atoms with E-state index in [1.54, 1.807) is 6.20 Å². The Balaban J connectivity index is 1.20. The molecule has 0 aliphatic carbocycles. The van der Waals surface area contributed by atoms with E-state index in [1.165, 1.54) is 16.3 Å². The summed E-state index contributed by atoms with van der Waals surface area (Å²) in [5.41, 5.74) is 7.40. The molecule has 0 radical (unpaired) electrons.